The molecule has 0 amide bonds. The van der Waals surface area contributed by atoms with Crippen molar-refractivity contribution in [3.05, 3.63) is 76.9 Å². The van der Waals surface area contributed by atoms with E-state index in [9.17, 15) is 9.59 Å². The predicted octanol–water partition coefficient (Wildman–Crippen LogP) is 4.09. The third-order valence-electron chi connectivity index (χ3n) is 6.40. The molecule has 1 unspecified atom stereocenters. The number of methoxy groups -OCH3 is 2. The van der Waals surface area contributed by atoms with Gasteiger partial charge in [0, 0.05) is 11.6 Å². The maximum atomic E-state index is 14.0. The Balaban J connectivity index is 1.76. The molecule has 2 aliphatic rings. The fourth-order valence-corrected chi connectivity index (χ4v) is 6.19. The molecule has 9 nitrogen and oxygen atoms in total. The van der Waals surface area contributed by atoms with Crippen molar-refractivity contribution >= 4 is 39.3 Å². The molecule has 3 aromatic rings. The topological polar surface area (TPSA) is 97.6 Å². The van der Waals surface area contributed by atoms with Gasteiger partial charge in [-0.3, -0.25) is 9.36 Å². The van der Waals surface area contributed by atoms with Crippen molar-refractivity contribution in [1.29, 1.82) is 0 Å². The van der Waals surface area contributed by atoms with Gasteiger partial charge in [-0.25, -0.2) is 9.79 Å². The lowest BCUT2D eigenvalue weighted by Gasteiger charge is -2.25. The van der Waals surface area contributed by atoms with Crippen LogP contribution in [0.15, 0.2) is 55.9 Å². The zero-order chi connectivity index (χ0) is 27.7. The third kappa shape index (κ3) is 4.96. The number of aromatic nitrogens is 1. The lowest BCUT2D eigenvalue weighted by molar-refractivity contribution is -0.139. The lowest BCUT2D eigenvalue weighted by Crippen LogP contribution is -2.40. The fraction of sp³-hybridized carbons (Fsp3) is 0.321. The van der Waals surface area contributed by atoms with E-state index in [0.29, 0.717) is 61.1 Å². The SMILES string of the molecule is CCCC1=C(C(=O)OCC)C(c2ccc3c(c2)OCO3)n2c(s/c(=C\c3cc(Br)c(OC)cc3OC)c2=O)=N1. The molecule has 11 heteroatoms. The summed E-state index contributed by atoms with van der Waals surface area (Å²) in [5, 5.41) is 0. The zero-order valence-corrected chi connectivity index (χ0v) is 24.3. The number of hydrogen-bond acceptors (Lipinski definition) is 9. The average molecular weight is 616 g/mol. The molecule has 1 atom stereocenters. The molecule has 1 aromatic heterocycles. The third-order valence-corrected chi connectivity index (χ3v) is 8.00. The van der Waals surface area contributed by atoms with E-state index in [0.717, 1.165) is 10.9 Å². The molecule has 2 aromatic carbocycles. The molecule has 0 saturated carbocycles. The summed E-state index contributed by atoms with van der Waals surface area (Å²) in [5.41, 5.74) is 2.06. The molecule has 0 bridgehead atoms. The number of allylic oxidation sites excluding steroid dienone is 1. The maximum Gasteiger partial charge on any atom is 0.338 e. The number of ether oxygens (including phenoxy) is 5. The molecule has 0 spiro atoms. The minimum absolute atomic E-state index is 0.114. The van der Waals surface area contributed by atoms with Crippen molar-refractivity contribution in [1.82, 2.24) is 4.57 Å². The van der Waals surface area contributed by atoms with Crippen LogP contribution in [0.1, 0.15) is 43.9 Å². The number of halogens is 1. The summed E-state index contributed by atoms with van der Waals surface area (Å²) in [7, 11) is 3.13. The van der Waals surface area contributed by atoms with Gasteiger partial charge in [0.1, 0.15) is 11.5 Å². The number of rotatable bonds is 8. The van der Waals surface area contributed by atoms with Gasteiger partial charge in [-0.1, -0.05) is 30.7 Å². The van der Waals surface area contributed by atoms with E-state index in [1.54, 1.807) is 43.9 Å². The Bertz CT molecular complexity index is 1660. The molecule has 0 aliphatic carbocycles. The Morgan fingerprint density at radius 3 is 2.64 bits per heavy atom. The number of benzene rings is 2. The molecule has 2 aliphatic heterocycles. The number of thiazole rings is 1. The number of carbonyl (C=O) groups is 1. The van der Waals surface area contributed by atoms with Gasteiger partial charge >= 0.3 is 5.97 Å². The van der Waals surface area contributed by atoms with E-state index >= 15 is 0 Å². The van der Waals surface area contributed by atoms with Gasteiger partial charge in [0.15, 0.2) is 16.3 Å². The van der Waals surface area contributed by atoms with Crippen molar-refractivity contribution < 1.29 is 28.5 Å². The average Bonchev–Trinajstić information content (AvgIpc) is 3.52. The van der Waals surface area contributed by atoms with Gasteiger partial charge in [-0.15, -0.1) is 0 Å². The second-order valence-corrected chi connectivity index (χ2v) is 10.6. The molecule has 204 valence electrons. The summed E-state index contributed by atoms with van der Waals surface area (Å²) in [4.78, 5) is 32.7. The molecule has 3 heterocycles. The first-order valence-electron chi connectivity index (χ1n) is 12.4. The molecular weight excluding hydrogens is 588 g/mol. The van der Waals surface area contributed by atoms with Gasteiger partial charge in [-0.05, 0) is 59.1 Å². The largest absolute Gasteiger partial charge is 0.496 e. The molecule has 39 heavy (non-hydrogen) atoms. The van der Waals surface area contributed by atoms with Crippen LogP contribution in [0.5, 0.6) is 23.0 Å². The van der Waals surface area contributed by atoms with E-state index in [-0.39, 0.29) is 19.0 Å². The number of nitrogens with zero attached hydrogens (tertiary/aromatic N) is 2. The van der Waals surface area contributed by atoms with Gasteiger partial charge < -0.3 is 23.7 Å². The summed E-state index contributed by atoms with van der Waals surface area (Å²) in [6, 6.07) is 8.27. The van der Waals surface area contributed by atoms with Gasteiger partial charge in [0.25, 0.3) is 5.56 Å². The summed E-state index contributed by atoms with van der Waals surface area (Å²) < 4.78 is 30.2. The van der Waals surface area contributed by atoms with Crippen molar-refractivity contribution in [2.24, 2.45) is 4.99 Å². The van der Waals surface area contributed by atoms with Crippen molar-refractivity contribution in [2.45, 2.75) is 32.7 Å². The second kappa shape index (κ2) is 11.3. The first-order valence-corrected chi connectivity index (χ1v) is 14.0. The molecule has 0 radical (unpaired) electrons. The van der Waals surface area contributed by atoms with Crippen molar-refractivity contribution in [3.63, 3.8) is 0 Å². The van der Waals surface area contributed by atoms with E-state index < -0.39 is 12.0 Å². The zero-order valence-electron chi connectivity index (χ0n) is 21.9. The number of esters is 1. The van der Waals surface area contributed by atoms with E-state index in [4.69, 9.17) is 28.7 Å². The standard InChI is InChI=1S/C28H27BrN2O7S/c1-5-7-18-24(27(33)36-6-2)25(15-8-9-19-22(11-15)38-14-37-19)31-26(32)23(39-28(31)30-18)12-16-10-17(29)21(35-4)13-20(16)34-3/h8-13,25H,5-7,14H2,1-4H3/b23-12-. The summed E-state index contributed by atoms with van der Waals surface area (Å²) in [6.07, 6.45) is 3.08. The highest BCUT2D eigenvalue weighted by molar-refractivity contribution is 9.10. The number of fused-ring (bicyclic) bond motifs is 2. The van der Waals surface area contributed by atoms with Crippen LogP contribution >= 0.6 is 27.3 Å². The highest BCUT2D eigenvalue weighted by Crippen LogP contribution is 2.39. The van der Waals surface area contributed by atoms with Crippen LogP contribution in [0, 0.1) is 0 Å². The van der Waals surface area contributed by atoms with Crippen LogP contribution < -0.4 is 33.8 Å². The van der Waals surface area contributed by atoms with E-state index in [1.165, 1.54) is 11.3 Å². The van der Waals surface area contributed by atoms with Crippen LogP contribution in [0.2, 0.25) is 0 Å². The molecular formula is C28H27BrN2O7S. The Morgan fingerprint density at radius 2 is 1.92 bits per heavy atom. The second-order valence-electron chi connectivity index (χ2n) is 8.75. The van der Waals surface area contributed by atoms with Crippen LogP contribution in [0.25, 0.3) is 6.08 Å². The van der Waals surface area contributed by atoms with E-state index in [1.807, 2.05) is 25.1 Å². The Kier molecular flexibility index (Phi) is 7.81. The van der Waals surface area contributed by atoms with Gasteiger partial charge in [-0.2, -0.15) is 0 Å². The minimum atomic E-state index is -0.747. The minimum Gasteiger partial charge on any atom is -0.496 e. The lowest BCUT2D eigenvalue weighted by atomic mass is 9.94. The van der Waals surface area contributed by atoms with Crippen LogP contribution in [0.3, 0.4) is 0 Å². The van der Waals surface area contributed by atoms with Crippen molar-refractivity contribution in [3.8, 4) is 23.0 Å². The Labute approximate surface area is 237 Å². The molecule has 5 rings (SSSR count). The predicted molar refractivity (Wildman–Crippen MR) is 149 cm³/mol. The fourth-order valence-electron chi connectivity index (χ4n) is 4.66. The molecule has 0 N–H and O–H groups in total. The first kappa shape index (κ1) is 27.0. The first-order chi connectivity index (χ1) is 18.9. The maximum absolute atomic E-state index is 14.0. The monoisotopic (exact) mass is 614 g/mol. The summed E-state index contributed by atoms with van der Waals surface area (Å²) in [6.45, 7) is 4.09. The van der Waals surface area contributed by atoms with Gasteiger partial charge in [0.2, 0.25) is 6.79 Å². The number of hydrogen-bond donors (Lipinski definition) is 0. The highest BCUT2D eigenvalue weighted by Gasteiger charge is 2.35. The van der Waals surface area contributed by atoms with E-state index in [2.05, 4.69) is 15.9 Å². The van der Waals surface area contributed by atoms with Crippen LogP contribution in [-0.2, 0) is 9.53 Å². The molecule has 0 fully saturated rings. The Morgan fingerprint density at radius 1 is 1.15 bits per heavy atom. The summed E-state index contributed by atoms with van der Waals surface area (Å²) >= 11 is 4.76. The van der Waals surface area contributed by atoms with Crippen molar-refractivity contribution in [2.75, 3.05) is 27.6 Å². The molecule has 0 saturated heterocycles. The summed E-state index contributed by atoms with van der Waals surface area (Å²) in [5.74, 6) is 1.82. The smallest absolute Gasteiger partial charge is 0.338 e. The van der Waals surface area contributed by atoms with Crippen LogP contribution in [0.4, 0.5) is 0 Å². The quantitative estimate of drug-likeness (QED) is 0.353. The van der Waals surface area contributed by atoms with Crippen LogP contribution in [-0.4, -0.2) is 38.2 Å². The Hall–Kier alpha value is -3.57. The number of carbonyl (C=O) groups excluding carboxylic acids is 1. The highest BCUT2D eigenvalue weighted by atomic mass is 79.9. The normalized spacial score (nSPS) is 16.1. The van der Waals surface area contributed by atoms with Gasteiger partial charge in [0.05, 0.1) is 47.1 Å².